The zero-order chi connectivity index (χ0) is 12.3. The summed E-state index contributed by atoms with van der Waals surface area (Å²) in [5, 5.41) is 5.68. The second-order valence-electron chi connectivity index (χ2n) is 4.16. The van der Waals surface area contributed by atoms with Crippen molar-refractivity contribution in [3.8, 4) is 0 Å². The molecule has 1 aromatic heterocycles. The number of nitrogens with one attached hydrogen (secondary N) is 1. The van der Waals surface area contributed by atoms with Crippen molar-refractivity contribution in [2.75, 3.05) is 0 Å². The zero-order valence-corrected chi connectivity index (χ0v) is 12.4. The average Bonchev–Trinajstić information content (AvgIpc) is 2.74. The summed E-state index contributed by atoms with van der Waals surface area (Å²) in [6.07, 6.45) is 0. The summed E-state index contributed by atoms with van der Waals surface area (Å²) in [6, 6.07) is 11.0. The number of thiophene rings is 1. The highest BCUT2D eigenvalue weighted by Gasteiger charge is 2.10. The summed E-state index contributed by atoms with van der Waals surface area (Å²) in [5.41, 5.74) is 2.71. The van der Waals surface area contributed by atoms with E-state index in [0.717, 1.165) is 6.54 Å². The standard InChI is InChI=1S/C14H16BrNS/c1-10-5-3-4-6-12(10)9-16-11(2)14-13(15)7-8-17-14/h3-8,11,16H,9H2,1-2H3. The monoisotopic (exact) mass is 309 g/mol. The molecule has 0 aliphatic rings. The van der Waals surface area contributed by atoms with Crippen LogP contribution in [0, 0.1) is 6.92 Å². The number of halogens is 1. The quantitative estimate of drug-likeness (QED) is 0.865. The van der Waals surface area contributed by atoms with E-state index in [1.807, 2.05) is 0 Å². The number of benzene rings is 1. The third kappa shape index (κ3) is 3.18. The van der Waals surface area contributed by atoms with Gasteiger partial charge in [0.05, 0.1) is 0 Å². The molecule has 2 rings (SSSR count). The average molecular weight is 310 g/mol. The predicted molar refractivity (Wildman–Crippen MR) is 78.5 cm³/mol. The van der Waals surface area contributed by atoms with Gasteiger partial charge in [-0.25, -0.2) is 0 Å². The van der Waals surface area contributed by atoms with Gasteiger partial charge in [-0.1, -0.05) is 24.3 Å². The fourth-order valence-electron chi connectivity index (χ4n) is 1.78. The molecule has 0 saturated heterocycles. The van der Waals surface area contributed by atoms with E-state index in [1.165, 1.54) is 20.5 Å². The molecule has 0 amide bonds. The van der Waals surface area contributed by atoms with Crippen LogP contribution in [0.1, 0.15) is 29.0 Å². The van der Waals surface area contributed by atoms with E-state index in [4.69, 9.17) is 0 Å². The van der Waals surface area contributed by atoms with Gasteiger partial charge in [0.25, 0.3) is 0 Å². The lowest BCUT2D eigenvalue weighted by molar-refractivity contribution is 0.580. The Kier molecular flexibility index (Phi) is 4.37. The highest BCUT2D eigenvalue weighted by atomic mass is 79.9. The minimum absolute atomic E-state index is 0.379. The highest BCUT2D eigenvalue weighted by molar-refractivity contribution is 9.10. The minimum Gasteiger partial charge on any atom is -0.305 e. The maximum atomic E-state index is 3.58. The number of hydrogen-bond acceptors (Lipinski definition) is 2. The van der Waals surface area contributed by atoms with Crippen molar-refractivity contribution < 1.29 is 0 Å². The van der Waals surface area contributed by atoms with Crippen molar-refractivity contribution in [3.63, 3.8) is 0 Å². The SMILES string of the molecule is Cc1ccccc1CNC(C)c1sccc1Br. The lowest BCUT2D eigenvalue weighted by Gasteiger charge is -2.14. The summed E-state index contributed by atoms with van der Waals surface area (Å²) >= 11 is 5.37. The second-order valence-corrected chi connectivity index (χ2v) is 5.96. The van der Waals surface area contributed by atoms with Crippen LogP contribution < -0.4 is 5.32 Å². The van der Waals surface area contributed by atoms with Crippen molar-refractivity contribution in [1.82, 2.24) is 5.32 Å². The lowest BCUT2D eigenvalue weighted by Crippen LogP contribution is -2.18. The Morgan fingerprint density at radius 1 is 1.29 bits per heavy atom. The van der Waals surface area contributed by atoms with E-state index in [1.54, 1.807) is 11.3 Å². The largest absolute Gasteiger partial charge is 0.305 e. The molecular weight excluding hydrogens is 294 g/mol. The van der Waals surface area contributed by atoms with E-state index in [0.29, 0.717) is 6.04 Å². The predicted octanol–water partition coefficient (Wildman–Crippen LogP) is 4.67. The summed E-state index contributed by atoms with van der Waals surface area (Å²) < 4.78 is 1.20. The molecule has 1 aromatic carbocycles. The first-order chi connectivity index (χ1) is 8.18. The molecule has 1 heterocycles. The summed E-state index contributed by atoms with van der Waals surface area (Å²) in [7, 11) is 0. The van der Waals surface area contributed by atoms with Crippen molar-refractivity contribution >= 4 is 27.3 Å². The van der Waals surface area contributed by atoms with E-state index in [9.17, 15) is 0 Å². The maximum absolute atomic E-state index is 3.58. The van der Waals surface area contributed by atoms with E-state index < -0.39 is 0 Å². The molecule has 0 saturated carbocycles. The normalized spacial score (nSPS) is 12.6. The van der Waals surface area contributed by atoms with Gasteiger partial charge in [-0.15, -0.1) is 11.3 Å². The Morgan fingerprint density at radius 3 is 2.71 bits per heavy atom. The number of hydrogen-bond donors (Lipinski definition) is 1. The van der Waals surface area contributed by atoms with Crippen molar-refractivity contribution in [3.05, 3.63) is 56.2 Å². The molecule has 90 valence electrons. The molecule has 0 aliphatic carbocycles. The molecule has 0 aliphatic heterocycles. The van der Waals surface area contributed by atoms with Crippen LogP contribution in [0.25, 0.3) is 0 Å². The fraction of sp³-hybridized carbons (Fsp3) is 0.286. The first-order valence-electron chi connectivity index (χ1n) is 5.69. The molecule has 0 fully saturated rings. The molecular formula is C14H16BrNS. The lowest BCUT2D eigenvalue weighted by atomic mass is 10.1. The molecule has 1 atom stereocenters. The Balaban J connectivity index is 2.00. The molecule has 1 N–H and O–H groups in total. The van der Waals surface area contributed by atoms with Crippen LogP contribution in [-0.2, 0) is 6.54 Å². The topological polar surface area (TPSA) is 12.0 Å². The Hall–Kier alpha value is -0.640. The molecule has 3 heteroatoms. The maximum Gasteiger partial charge on any atom is 0.0400 e. The van der Waals surface area contributed by atoms with Crippen molar-refractivity contribution in [1.29, 1.82) is 0 Å². The molecule has 0 bridgehead atoms. The van der Waals surface area contributed by atoms with Gasteiger partial charge < -0.3 is 5.32 Å². The van der Waals surface area contributed by atoms with Crippen LogP contribution in [0.15, 0.2) is 40.2 Å². The van der Waals surface area contributed by atoms with Gasteiger partial charge >= 0.3 is 0 Å². The summed E-state index contributed by atoms with van der Waals surface area (Å²) in [5.74, 6) is 0. The molecule has 1 nitrogen and oxygen atoms in total. The van der Waals surface area contributed by atoms with Gasteiger partial charge in [-0.05, 0) is 52.4 Å². The Morgan fingerprint density at radius 2 is 2.06 bits per heavy atom. The molecule has 2 aromatic rings. The van der Waals surface area contributed by atoms with Crippen LogP contribution >= 0.6 is 27.3 Å². The van der Waals surface area contributed by atoms with E-state index >= 15 is 0 Å². The summed E-state index contributed by atoms with van der Waals surface area (Å²) in [4.78, 5) is 1.36. The number of aryl methyl sites for hydroxylation is 1. The first-order valence-corrected chi connectivity index (χ1v) is 7.36. The van der Waals surface area contributed by atoms with Gasteiger partial charge in [0, 0.05) is 21.9 Å². The first kappa shape index (κ1) is 12.8. The van der Waals surface area contributed by atoms with Gasteiger partial charge in [0.15, 0.2) is 0 Å². The Bertz CT molecular complexity index is 492. The fourth-order valence-corrected chi connectivity index (χ4v) is 3.53. The molecule has 17 heavy (non-hydrogen) atoms. The Labute approximate surface area is 115 Å². The third-order valence-corrected chi connectivity index (χ3v) is 4.95. The zero-order valence-electron chi connectivity index (χ0n) is 10.0. The van der Waals surface area contributed by atoms with Crippen LogP contribution in [0.3, 0.4) is 0 Å². The van der Waals surface area contributed by atoms with Gasteiger partial charge in [0.2, 0.25) is 0 Å². The van der Waals surface area contributed by atoms with Crippen molar-refractivity contribution in [2.24, 2.45) is 0 Å². The van der Waals surface area contributed by atoms with Crippen LogP contribution in [0.4, 0.5) is 0 Å². The smallest absolute Gasteiger partial charge is 0.0400 e. The van der Waals surface area contributed by atoms with Gasteiger partial charge in [-0.2, -0.15) is 0 Å². The second kappa shape index (κ2) is 5.80. The highest BCUT2D eigenvalue weighted by Crippen LogP contribution is 2.28. The summed E-state index contributed by atoms with van der Waals surface area (Å²) in [6.45, 7) is 5.27. The molecule has 0 spiro atoms. The van der Waals surface area contributed by atoms with Crippen molar-refractivity contribution in [2.45, 2.75) is 26.4 Å². The van der Waals surface area contributed by atoms with Crippen LogP contribution in [0.5, 0.6) is 0 Å². The number of rotatable bonds is 4. The van der Waals surface area contributed by atoms with Crippen LogP contribution in [-0.4, -0.2) is 0 Å². The van der Waals surface area contributed by atoms with Gasteiger partial charge in [0.1, 0.15) is 0 Å². The third-order valence-electron chi connectivity index (χ3n) is 2.90. The molecule has 0 radical (unpaired) electrons. The van der Waals surface area contributed by atoms with E-state index in [-0.39, 0.29) is 0 Å². The molecule has 1 unspecified atom stereocenters. The minimum atomic E-state index is 0.379. The van der Waals surface area contributed by atoms with E-state index in [2.05, 4.69) is 70.8 Å². The van der Waals surface area contributed by atoms with Gasteiger partial charge in [-0.3, -0.25) is 0 Å². The van der Waals surface area contributed by atoms with Crippen LogP contribution in [0.2, 0.25) is 0 Å².